The van der Waals surface area contributed by atoms with Crippen molar-refractivity contribution in [2.45, 2.75) is 38.5 Å². The molecule has 2 amide bonds. The van der Waals surface area contributed by atoms with Gasteiger partial charge in [0.2, 0.25) is 11.8 Å². The first-order valence-corrected chi connectivity index (χ1v) is 9.89. The van der Waals surface area contributed by atoms with E-state index in [2.05, 4.69) is 0 Å². The number of aryl methyl sites for hydroxylation is 1. The van der Waals surface area contributed by atoms with Crippen molar-refractivity contribution in [1.29, 1.82) is 0 Å². The highest BCUT2D eigenvalue weighted by molar-refractivity contribution is 5.80. The molecule has 148 valence electrons. The number of amides is 2. The maximum atomic E-state index is 12.6. The predicted molar refractivity (Wildman–Crippen MR) is 103 cm³/mol. The Morgan fingerprint density at radius 1 is 0.926 bits per heavy atom. The van der Waals surface area contributed by atoms with Gasteiger partial charge in [-0.1, -0.05) is 12.8 Å². The van der Waals surface area contributed by atoms with E-state index in [0.717, 1.165) is 29.9 Å². The Morgan fingerprint density at radius 2 is 1.48 bits per heavy atom. The molecule has 0 radical (unpaired) electrons. The molecule has 1 heterocycles. The summed E-state index contributed by atoms with van der Waals surface area (Å²) in [5, 5.41) is 0. The first-order valence-electron chi connectivity index (χ1n) is 9.89. The third-order valence-electron chi connectivity index (χ3n) is 5.69. The monoisotopic (exact) mass is 374 g/mol. The van der Waals surface area contributed by atoms with Crippen molar-refractivity contribution in [2.75, 3.05) is 40.4 Å². The third-order valence-corrected chi connectivity index (χ3v) is 5.69. The molecule has 6 heteroatoms. The summed E-state index contributed by atoms with van der Waals surface area (Å²) in [6.45, 7) is 2.60. The first-order chi connectivity index (χ1) is 13.1. The van der Waals surface area contributed by atoms with E-state index in [-0.39, 0.29) is 11.8 Å². The Balaban J connectivity index is 1.47. The number of ether oxygens (including phenoxy) is 2. The summed E-state index contributed by atoms with van der Waals surface area (Å²) < 4.78 is 10.6. The molecule has 0 N–H and O–H groups in total. The maximum absolute atomic E-state index is 12.6. The number of rotatable bonds is 6. The van der Waals surface area contributed by atoms with Crippen LogP contribution >= 0.6 is 0 Å². The fourth-order valence-corrected chi connectivity index (χ4v) is 4.03. The summed E-state index contributed by atoms with van der Waals surface area (Å²) in [6, 6.07) is 5.70. The van der Waals surface area contributed by atoms with Crippen molar-refractivity contribution in [3.05, 3.63) is 23.8 Å². The van der Waals surface area contributed by atoms with Crippen LogP contribution in [0.4, 0.5) is 0 Å². The topological polar surface area (TPSA) is 59.1 Å². The van der Waals surface area contributed by atoms with Gasteiger partial charge in [-0.25, -0.2) is 0 Å². The van der Waals surface area contributed by atoms with Gasteiger partial charge in [-0.15, -0.1) is 0 Å². The van der Waals surface area contributed by atoms with E-state index in [1.165, 1.54) is 12.8 Å². The largest absolute Gasteiger partial charge is 0.497 e. The number of hydrogen-bond donors (Lipinski definition) is 0. The maximum Gasteiger partial charge on any atom is 0.225 e. The van der Waals surface area contributed by atoms with E-state index >= 15 is 0 Å². The number of piperazine rings is 1. The number of methoxy groups -OCH3 is 2. The van der Waals surface area contributed by atoms with Crippen LogP contribution in [0.2, 0.25) is 0 Å². The number of carbonyl (C=O) groups excluding carboxylic acids is 2. The Hall–Kier alpha value is -2.24. The van der Waals surface area contributed by atoms with Gasteiger partial charge in [0.1, 0.15) is 11.5 Å². The second-order valence-corrected chi connectivity index (χ2v) is 7.41. The Labute approximate surface area is 161 Å². The molecule has 1 aliphatic carbocycles. The van der Waals surface area contributed by atoms with Crippen LogP contribution < -0.4 is 9.47 Å². The van der Waals surface area contributed by atoms with Crippen molar-refractivity contribution in [3.8, 4) is 11.5 Å². The zero-order valence-corrected chi connectivity index (χ0v) is 16.4. The fourth-order valence-electron chi connectivity index (χ4n) is 4.03. The average molecular weight is 374 g/mol. The second-order valence-electron chi connectivity index (χ2n) is 7.41. The van der Waals surface area contributed by atoms with Crippen LogP contribution in [0.5, 0.6) is 11.5 Å². The van der Waals surface area contributed by atoms with Crippen LogP contribution in [0.25, 0.3) is 0 Å². The van der Waals surface area contributed by atoms with E-state index < -0.39 is 0 Å². The molecule has 2 aliphatic rings. The quantitative estimate of drug-likeness (QED) is 0.768. The van der Waals surface area contributed by atoms with Gasteiger partial charge in [0.25, 0.3) is 0 Å². The standard InChI is InChI=1S/C21H30N2O4/c1-26-18-13-16(14-19(15-18)27-2)7-8-20(24)22-9-11-23(12-10-22)21(25)17-5-3-4-6-17/h13-15,17H,3-12H2,1-2H3. The second kappa shape index (κ2) is 9.11. The molecule has 1 saturated carbocycles. The smallest absolute Gasteiger partial charge is 0.225 e. The molecule has 0 spiro atoms. The van der Waals surface area contributed by atoms with Gasteiger partial charge in [0.05, 0.1) is 14.2 Å². The van der Waals surface area contributed by atoms with Crippen molar-refractivity contribution in [3.63, 3.8) is 0 Å². The minimum Gasteiger partial charge on any atom is -0.497 e. The lowest BCUT2D eigenvalue weighted by Crippen LogP contribution is -2.51. The van der Waals surface area contributed by atoms with Crippen LogP contribution in [0.15, 0.2) is 18.2 Å². The molecule has 0 bridgehead atoms. The molecule has 2 fully saturated rings. The Morgan fingerprint density at radius 3 is 2.04 bits per heavy atom. The van der Waals surface area contributed by atoms with Gasteiger partial charge in [-0.3, -0.25) is 9.59 Å². The van der Waals surface area contributed by atoms with Gasteiger partial charge in [-0.05, 0) is 37.0 Å². The lowest BCUT2D eigenvalue weighted by atomic mass is 10.1. The number of nitrogens with zero attached hydrogens (tertiary/aromatic N) is 2. The molecule has 0 atom stereocenters. The van der Waals surface area contributed by atoms with E-state index in [4.69, 9.17) is 9.47 Å². The van der Waals surface area contributed by atoms with Crippen molar-refractivity contribution in [1.82, 2.24) is 9.80 Å². The molecule has 1 aromatic rings. The average Bonchev–Trinajstić information content (AvgIpc) is 3.26. The van der Waals surface area contributed by atoms with Crippen LogP contribution in [-0.2, 0) is 16.0 Å². The lowest BCUT2D eigenvalue weighted by Gasteiger charge is -2.36. The summed E-state index contributed by atoms with van der Waals surface area (Å²) in [5.74, 6) is 2.12. The first kappa shape index (κ1) is 19.5. The molecular formula is C21H30N2O4. The number of benzene rings is 1. The molecule has 1 saturated heterocycles. The summed E-state index contributed by atoms with van der Waals surface area (Å²) in [6.07, 6.45) is 5.50. The predicted octanol–water partition coefficient (Wildman–Crippen LogP) is 2.50. The molecule has 6 nitrogen and oxygen atoms in total. The highest BCUT2D eigenvalue weighted by atomic mass is 16.5. The van der Waals surface area contributed by atoms with E-state index in [1.54, 1.807) is 14.2 Å². The summed E-state index contributed by atoms with van der Waals surface area (Å²) in [5.41, 5.74) is 1.02. The third kappa shape index (κ3) is 4.93. The number of carbonyl (C=O) groups is 2. The van der Waals surface area contributed by atoms with Crippen molar-refractivity contribution >= 4 is 11.8 Å². The SMILES string of the molecule is COc1cc(CCC(=O)N2CCN(C(=O)C3CCCC3)CC2)cc(OC)c1. The van der Waals surface area contributed by atoms with Gasteiger partial charge in [0.15, 0.2) is 0 Å². The summed E-state index contributed by atoms with van der Waals surface area (Å²) in [7, 11) is 3.24. The highest BCUT2D eigenvalue weighted by Crippen LogP contribution is 2.27. The molecule has 0 unspecified atom stereocenters. The van der Waals surface area contributed by atoms with Crippen molar-refractivity contribution in [2.24, 2.45) is 5.92 Å². The van der Waals surface area contributed by atoms with Crippen LogP contribution in [-0.4, -0.2) is 62.0 Å². The zero-order chi connectivity index (χ0) is 19.2. The van der Waals surface area contributed by atoms with Crippen LogP contribution in [0.3, 0.4) is 0 Å². The molecular weight excluding hydrogens is 344 g/mol. The van der Waals surface area contributed by atoms with E-state index in [0.29, 0.717) is 44.9 Å². The normalized spacial score (nSPS) is 17.9. The van der Waals surface area contributed by atoms with Crippen molar-refractivity contribution < 1.29 is 19.1 Å². The minimum absolute atomic E-state index is 0.143. The molecule has 3 rings (SSSR count). The Bertz CT molecular complexity index is 640. The van der Waals surface area contributed by atoms with Gasteiger partial charge in [-0.2, -0.15) is 0 Å². The molecule has 1 aliphatic heterocycles. The van der Waals surface area contributed by atoms with E-state index in [1.807, 2.05) is 28.0 Å². The summed E-state index contributed by atoms with van der Waals surface area (Å²) >= 11 is 0. The van der Waals surface area contributed by atoms with Gasteiger partial charge in [0, 0.05) is 44.6 Å². The zero-order valence-electron chi connectivity index (χ0n) is 16.4. The minimum atomic E-state index is 0.143. The van der Waals surface area contributed by atoms with E-state index in [9.17, 15) is 9.59 Å². The Kier molecular flexibility index (Phi) is 6.58. The fraction of sp³-hybridized carbons (Fsp3) is 0.619. The highest BCUT2D eigenvalue weighted by Gasteiger charge is 2.30. The summed E-state index contributed by atoms with van der Waals surface area (Å²) in [4.78, 5) is 28.9. The number of hydrogen-bond acceptors (Lipinski definition) is 4. The van der Waals surface area contributed by atoms with Crippen LogP contribution in [0.1, 0.15) is 37.7 Å². The lowest BCUT2D eigenvalue weighted by molar-refractivity contribution is -0.142. The molecule has 0 aromatic heterocycles. The van der Waals surface area contributed by atoms with Crippen LogP contribution in [0, 0.1) is 5.92 Å². The van der Waals surface area contributed by atoms with Gasteiger partial charge < -0.3 is 19.3 Å². The molecule has 1 aromatic carbocycles. The van der Waals surface area contributed by atoms with Gasteiger partial charge >= 0.3 is 0 Å². The molecule has 27 heavy (non-hydrogen) atoms.